The van der Waals surface area contributed by atoms with Gasteiger partial charge in [-0.05, 0) is 25.2 Å². The first-order valence-electron chi connectivity index (χ1n) is 4.64. The maximum absolute atomic E-state index is 10.6. The molecule has 0 saturated heterocycles. The van der Waals surface area contributed by atoms with Gasteiger partial charge >= 0.3 is 5.97 Å². The lowest BCUT2D eigenvalue weighted by atomic mass is 9.97. The Morgan fingerprint density at radius 1 is 1.77 bits per heavy atom. The van der Waals surface area contributed by atoms with Crippen molar-refractivity contribution in [1.29, 1.82) is 0 Å². The monoisotopic (exact) mass is 187 g/mol. The van der Waals surface area contributed by atoms with E-state index in [0.29, 0.717) is 5.92 Å². The average Bonchev–Trinajstić information content (AvgIpc) is 2.31. The van der Waals surface area contributed by atoms with Crippen LogP contribution in [0.25, 0.3) is 0 Å². The van der Waals surface area contributed by atoms with Crippen molar-refractivity contribution in [2.75, 3.05) is 7.05 Å². The first kappa shape index (κ1) is 10.5. The van der Waals surface area contributed by atoms with E-state index >= 15 is 0 Å². The van der Waals surface area contributed by atoms with Gasteiger partial charge in [0.2, 0.25) is 0 Å². The minimum absolute atomic E-state index is 0.0954. The highest BCUT2D eigenvalue weighted by molar-refractivity contribution is 5.68. The number of aliphatic carboxylic acids is 1. The van der Waals surface area contributed by atoms with E-state index in [2.05, 4.69) is 12.4 Å². The number of hydroxylamine groups is 1. The van der Waals surface area contributed by atoms with Crippen LogP contribution in [0.15, 0.2) is 0 Å². The van der Waals surface area contributed by atoms with Gasteiger partial charge < -0.3 is 5.11 Å². The van der Waals surface area contributed by atoms with Crippen LogP contribution in [0.3, 0.4) is 0 Å². The topological polar surface area (TPSA) is 58.6 Å². The molecule has 0 heterocycles. The van der Waals surface area contributed by atoms with Gasteiger partial charge in [-0.3, -0.25) is 9.63 Å². The normalized spacial score (nSPS) is 33.5. The van der Waals surface area contributed by atoms with E-state index < -0.39 is 11.6 Å². The van der Waals surface area contributed by atoms with Gasteiger partial charge in [0, 0.05) is 7.05 Å². The van der Waals surface area contributed by atoms with Crippen molar-refractivity contribution in [3.8, 4) is 0 Å². The molecule has 1 saturated carbocycles. The van der Waals surface area contributed by atoms with Gasteiger partial charge in [0.15, 0.2) is 0 Å². The molecule has 13 heavy (non-hydrogen) atoms. The van der Waals surface area contributed by atoms with E-state index in [-0.39, 0.29) is 6.42 Å². The standard InChI is InChI=1S/C9H17NO3/c1-7-3-4-9(5-7,13-10-2)6-8(11)12/h7,10H,3-6H2,1-2H3,(H,11,12). The van der Waals surface area contributed by atoms with Gasteiger partial charge in [-0.1, -0.05) is 6.92 Å². The number of carbonyl (C=O) groups is 1. The van der Waals surface area contributed by atoms with Crippen molar-refractivity contribution in [3.63, 3.8) is 0 Å². The summed E-state index contributed by atoms with van der Waals surface area (Å²) in [7, 11) is 1.67. The Morgan fingerprint density at radius 3 is 2.85 bits per heavy atom. The average molecular weight is 187 g/mol. The zero-order valence-electron chi connectivity index (χ0n) is 8.17. The molecule has 1 aliphatic rings. The molecule has 1 fully saturated rings. The van der Waals surface area contributed by atoms with E-state index in [0.717, 1.165) is 19.3 Å². The van der Waals surface area contributed by atoms with Gasteiger partial charge in [-0.15, -0.1) is 0 Å². The maximum atomic E-state index is 10.6. The third-order valence-corrected chi connectivity index (χ3v) is 2.61. The van der Waals surface area contributed by atoms with Gasteiger partial charge in [0.25, 0.3) is 0 Å². The molecular weight excluding hydrogens is 170 g/mol. The number of carboxylic acids is 1. The Hall–Kier alpha value is -0.610. The minimum Gasteiger partial charge on any atom is -0.481 e. The van der Waals surface area contributed by atoms with Crippen molar-refractivity contribution in [2.45, 2.75) is 38.2 Å². The molecule has 2 atom stereocenters. The Morgan fingerprint density at radius 2 is 2.46 bits per heavy atom. The van der Waals surface area contributed by atoms with Crippen LogP contribution in [-0.2, 0) is 9.63 Å². The fraction of sp³-hybridized carbons (Fsp3) is 0.889. The number of carboxylic acid groups (broad SMARTS) is 1. The van der Waals surface area contributed by atoms with Crippen molar-refractivity contribution in [2.24, 2.45) is 5.92 Å². The van der Waals surface area contributed by atoms with Crippen LogP contribution in [0.5, 0.6) is 0 Å². The lowest BCUT2D eigenvalue weighted by molar-refractivity contribution is -0.151. The molecule has 1 rings (SSSR count). The highest BCUT2D eigenvalue weighted by Gasteiger charge is 2.40. The summed E-state index contributed by atoms with van der Waals surface area (Å²) in [5.41, 5.74) is 2.14. The second kappa shape index (κ2) is 4.07. The second-order valence-electron chi connectivity index (χ2n) is 3.91. The zero-order chi connectivity index (χ0) is 9.90. The molecule has 0 aliphatic heterocycles. The van der Waals surface area contributed by atoms with E-state index in [1.165, 1.54) is 0 Å². The van der Waals surface area contributed by atoms with Crippen molar-refractivity contribution in [1.82, 2.24) is 5.48 Å². The fourth-order valence-corrected chi connectivity index (χ4v) is 2.13. The maximum Gasteiger partial charge on any atom is 0.306 e. The van der Waals surface area contributed by atoms with E-state index in [1.54, 1.807) is 7.05 Å². The van der Waals surface area contributed by atoms with Crippen LogP contribution < -0.4 is 5.48 Å². The zero-order valence-corrected chi connectivity index (χ0v) is 8.17. The summed E-state index contributed by atoms with van der Waals surface area (Å²) in [5, 5.41) is 8.74. The molecule has 1 aliphatic carbocycles. The minimum atomic E-state index is -0.788. The molecule has 2 unspecified atom stereocenters. The van der Waals surface area contributed by atoms with Gasteiger partial charge in [0.1, 0.15) is 5.60 Å². The van der Waals surface area contributed by atoms with Crippen molar-refractivity contribution < 1.29 is 14.7 Å². The predicted molar refractivity (Wildman–Crippen MR) is 48.1 cm³/mol. The SMILES string of the molecule is CNOC1(CC(=O)O)CCC(C)C1. The first-order valence-corrected chi connectivity index (χ1v) is 4.64. The lowest BCUT2D eigenvalue weighted by Gasteiger charge is -2.26. The molecule has 2 N–H and O–H groups in total. The summed E-state index contributed by atoms with van der Waals surface area (Å²) in [5.74, 6) is -0.225. The lowest BCUT2D eigenvalue weighted by Crippen LogP contribution is -2.36. The van der Waals surface area contributed by atoms with Crippen LogP contribution in [0, 0.1) is 5.92 Å². The largest absolute Gasteiger partial charge is 0.481 e. The van der Waals surface area contributed by atoms with Crippen molar-refractivity contribution >= 4 is 5.97 Å². The van der Waals surface area contributed by atoms with Gasteiger partial charge in [-0.2, -0.15) is 0 Å². The molecule has 0 amide bonds. The van der Waals surface area contributed by atoms with Crippen molar-refractivity contribution in [3.05, 3.63) is 0 Å². The Labute approximate surface area is 78.2 Å². The van der Waals surface area contributed by atoms with Crippen LogP contribution in [0.4, 0.5) is 0 Å². The Balaban J connectivity index is 2.59. The molecule has 0 bridgehead atoms. The molecule has 0 aromatic rings. The van der Waals surface area contributed by atoms with Gasteiger partial charge in [0.05, 0.1) is 6.42 Å². The number of nitrogens with one attached hydrogen (secondary N) is 1. The molecule has 0 radical (unpaired) electrons. The van der Waals surface area contributed by atoms with Gasteiger partial charge in [-0.25, -0.2) is 5.48 Å². The Kier molecular flexibility index (Phi) is 3.27. The summed E-state index contributed by atoms with van der Waals surface area (Å²) < 4.78 is 0. The van der Waals surface area contributed by atoms with E-state index in [1.807, 2.05) is 0 Å². The molecule has 0 aromatic heterocycles. The molecule has 4 nitrogen and oxygen atoms in total. The third kappa shape index (κ3) is 2.67. The summed E-state index contributed by atoms with van der Waals surface area (Å²) in [4.78, 5) is 16.0. The molecule has 4 heteroatoms. The number of rotatable bonds is 4. The number of hydrogen-bond donors (Lipinski definition) is 2. The smallest absolute Gasteiger partial charge is 0.306 e. The van der Waals surface area contributed by atoms with Crippen LogP contribution >= 0.6 is 0 Å². The fourth-order valence-electron chi connectivity index (χ4n) is 2.13. The number of hydrogen-bond acceptors (Lipinski definition) is 3. The summed E-state index contributed by atoms with van der Waals surface area (Å²) >= 11 is 0. The third-order valence-electron chi connectivity index (χ3n) is 2.61. The first-order chi connectivity index (χ1) is 6.08. The Bertz CT molecular complexity index is 191. The van der Waals surface area contributed by atoms with E-state index in [4.69, 9.17) is 9.94 Å². The van der Waals surface area contributed by atoms with Crippen LogP contribution in [-0.4, -0.2) is 23.7 Å². The second-order valence-corrected chi connectivity index (χ2v) is 3.91. The highest BCUT2D eigenvalue weighted by atomic mass is 16.7. The summed E-state index contributed by atoms with van der Waals surface area (Å²) in [6, 6.07) is 0. The molecule has 76 valence electrons. The van der Waals surface area contributed by atoms with Crippen LogP contribution in [0.1, 0.15) is 32.6 Å². The molecular formula is C9H17NO3. The summed E-state index contributed by atoms with van der Waals surface area (Å²) in [6.45, 7) is 2.13. The predicted octanol–water partition coefficient (Wildman–Crippen LogP) is 1.17. The summed E-state index contributed by atoms with van der Waals surface area (Å²) in [6.07, 6.45) is 2.81. The highest BCUT2D eigenvalue weighted by Crippen LogP contribution is 2.38. The quantitative estimate of drug-likeness (QED) is 0.649. The molecule has 0 aromatic carbocycles. The van der Waals surface area contributed by atoms with E-state index in [9.17, 15) is 4.79 Å². The van der Waals surface area contributed by atoms with Crippen LogP contribution in [0.2, 0.25) is 0 Å². The molecule has 0 spiro atoms.